The zero-order chi connectivity index (χ0) is 15.2. The molecular formula is C19H20N2O. The normalized spacial score (nSPS) is 18.1. The summed E-state index contributed by atoms with van der Waals surface area (Å²) in [6, 6.07) is 13.8. The van der Waals surface area contributed by atoms with Gasteiger partial charge in [-0.1, -0.05) is 42.5 Å². The molecule has 2 atom stereocenters. The number of carbonyl (C=O) groups excluding carboxylic acids is 1. The molecule has 22 heavy (non-hydrogen) atoms. The van der Waals surface area contributed by atoms with Gasteiger partial charge in [-0.15, -0.1) is 0 Å². The van der Waals surface area contributed by atoms with Crippen LogP contribution in [0.5, 0.6) is 0 Å². The molecule has 1 aromatic carbocycles. The first-order valence-corrected chi connectivity index (χ1v) is 7.74. The van der Waals surface area contributed by atoms with Crippen LogP contribution in [-0.4, -0.2) is 10.9 Å². The van der Waals surface area contributed by atoms with E-state index in [0.29, 0.717) is 12.3 Å². The number of amides is 1. The Bertz CT molecular complexity index is 597. The summed E-state index contributed by atoms with van der Waals surface area (Å²) in [5.74, 6) is 0.482. The largest absolute Gasteiger partial charge is 0.345 e. The minimum atomic E-state index is -0.123. The summed E-state index contributed by atoms with van der Waals surface area (Å²) >= 11 is 0. The molecule has 0 fully saturated rings. The number of benzene rings is 1. The highest BCUT2D eigenvalue weighted by molar-refractivity contribution is 5.77. The summed E-state index contributed by atoms with van der Waals surface area (Å²) < 4.78 is 0. The van der Waals surface area contributed by atoms with Crippen LogP contribution in [0.4, 0.5) is 0 Å². The van der Waals surface area contributed by atoms with E-state index in [0.717, 1.165) is 24.0 Å². The zero-order valence-corrected chi connectivity index (χ0v) is 12.5. The minimum Gasteiger partial charge on any atom is -0.345 e. The average molecular weight is 292 g/mol. The predicted molar refractivity (Wildman–Crippen MR) is 87.1 cm³/mol. The Morgan fingerprint density at radius 1 is 1.14 bits per heavy atom. The smallest absolute Gasteiger partial charge is 0.221 e. The lowest BCUT2D eigenvalue weighted by molar-refractivity contribution is -0.122. The van der Waals surface area contributed by atoms with Crippen molar-refractivity contribution in [3.63, 3.8) is 0 Å². The Morgan fingerprint density at radius 2 is 1.86 bits per heavy atom. The fourth-order valence-electron chi connectivity index (χ4n) is 2.88. The van der Waals surface area contributed by atoms with Crippen LogP contribution >= 0.6 is 0 Å². The van der Waals surface area contributed by atoms with E-state index in [-0.39, 0.29) is 11.9 Å². The number of nitrogens with zero attached hydrogens (tertiary/aromatic N) is 1. The number of rotatable bonds is 5. The fourth-order valence-corrected chi connectivity index (χ4v) is 2.88. The standard InChI is InChI=1S/C19H20N2O/c22-18(14-15-6-4-5-7-15)21-19(16-8-2-1-3-9-16)17-10-12-20-13-11-17/h1-4,6,8-13,15,19H,5,7,14H2,(H,21,22). The first-order chi connectivity index (χ1) is 10.8. The molecule has 0 saturated heterocycles. The van der Waals surface area contributed by atoms with Crippen molar-refractivity contribution in [1.29, 1.82) is 0 Å². The van der Waals surface area contributed by atoms with Gasteiger partial charge in [0.2, 0.25) is 5.91 Å². The van der Waals surface area contributed by atoms with Crippen molar-refractivity contribution in [3.05, 3.63) is 78.1 Å². The van der Waals surface area contributed by atoms with Crippen LogP contribution in [-0.2, 0) is 4.79 Å². The first kappa shape index (κ1) is 14.5. The molecule has 1 aliphatic carbocycles. The molecule has 0 saturated carbocycles. The van der Waals surface area contributed by atoms with E-state index in [1.165, 1.54) is 0 Å². The van der Waals surface area contributed by atoms with Crippen molar-refractivity contribution in [2.24, 2.45) is 5.92 Å². The van der Waals surface area contributed by atoms with Gasteiger partial charge in [0.05, 0.1) is 6.04 Å². The molecule has 2 aromatic rings. The Balaban J connectivity index is 1.77. The second kappa shape index (κ2) is 7.03. The quantitative estimate of drug-likeness (QED) is 0.855. The summed E-state index contributed by atoms with van der Waals surface area (Å²) in [6.07, 6.45) is 10.6. The third-order valence-corrected chi connectivity index (χ3v) is 4.04. The molecule has 3 nitrogen and oxygen atoms in total. The number of aromatic nitrogens is 1. The van der Waals surface area contributed by atoms with Crippen molar-refractivity contribution in [2.75, 3.05) is 0 Å². The summed E-state index contributed by atoms with van der Waals surface area (Å²) in [6.45, 7) is 0. The molecule has 1 amide bonds. The first-order valence-electron chi connectivity index (χ1n) is 7.74. The Kier molecular flexibility index (Phi) is 4.64. The third kappa shape index (κ3) is 3.61. The average Bonchev–Trinajstić information content (AvgIpc) is 3.07. The molecule has 1 N–H and O–H groups in total. The van der Waals surface area contributed by atoms with E-state index in [2.05, 4.69) is 22.5 Å². The molecule has 3 rings (SSSR count). The van der Waals surface area contributed by atoms with Crippen LogP contribution in [0.3, 0.4) is 0 Å². The van der Waals surface area contributed by atoms with Crippen molar-refractivity contribution in [1.82, 2.24) is 10.3 Å². The topological polar surface area (TPSA) is 42.0 Å². The van der Waals surface area contributed by atoms with E-state index in [1.54, 1.807) is 12.4 Å². The number of hydrogen-bond acceptors (Lipinski definition) is 2. The van der Waals surface area contributed by atoms with E-state index in [4.69, 9.17) is 0 Å². The maximum Gasteiger partial charge on any atom is 0.221 e. The molecule has 1 aliphatic rings. The summed E-state index contributed by atoms with van der Waals surface area (Å²) in [7, 11) is 0. The molecule has 2 unspecified atom stereocenters. The van der Waals surface area contributed by atoms with Crippen LogP contribution in [0.1, 0.15) is 36.4 Å². The lowest BCUT2D eigenvalue weighted by atomic mass is 9.98. The molecule has 1 heterocycles. The zero-order valence-electron chi connectivity index (χ0n) is 12.5. The summed E-state index contributed by atoms with van der Waals surface area (Å²) in [4.78, 5) is 16.5. The predicted octanol–water partition coefficient (Wildman–Crippen LogP) is 3.64. The highest BCUT2D eigenvalue weighted by Gasteiger charge is 2.19. The Hall–Kier alpha value is -2.42. The SMILES string of the molecule is O=C(CC1C=CCC1)NC(c1ccccc1)c1ccncc1. The molecule has 0 bridgehead atoms. The molecule has 0 spiro atoms. The lowest BCUT2D eigenvalue weighted by Crippen LogP contribution is -2.30. The third-order valence-electron chi connectivity index (χ3n) is 4.04. The van der Waals surface area contributed by atoms with Gasteiger partial charge >= 0.3 is 0 Å². The van der Waals surface area contributed by atoms with E-state index in [9.17, 15) is 4.79 Å². The molecule has 112 valence electrons. The minimum absolute atomic E-state index is 0.0993. The number of pyridine rings is 1. The van der Waals surface area contributed by atoms with Gasteiger partial charge in [-0.3, -0.25) is 9.78 Å². The number of carbonyl (C=O) groups is 1. The van der Waals surface area contributed by atoms with Gasteiger partial charge in [-0.2, -0.15) is 0 Å². The van der Waals surface area contributed by atoms with Gasteiger partial charge in [0.25, 0.3) is 0 Å². The lowest BCUT2D eigenvalue weighted by Gasteiger charge is -2.20. The van der Waals surface area contributed by atoms with Crippen LogP contribution in [0.2, 0.25) is 0 Å². The number of hydrogen-bond donors (Lipinski definition) is 1. The molecular weight excluding hydrogens is 272 g/mol. The highest BCUT2D eigenvalue weighted by atomic mass is 16.1. The fraction of sp³-hybridized carbons (Fsp3) is 0.263. The van der Waals surface area contributed by atoms with Gasteiger partial charge in [-0.25, -0.2) is 0 Å². The van der Waals surface area contributed by atoms with Crippen molar-refractivity contribution in [3.8, 4) is 0 Å². The Morgan fingerprint density at radius 3 is 2.55 bits per heavy atom. The monoisotopic (exact) mass is 292 g/mol. The van der Waals surface area contributed by atoms with Gasteiger partial charge < -0.3 is 5.32 Å². The molecule has 0 radical (unpaired) electrons. The van der Waals surface area contributed by atoms with Crippen LogP contribution in [0.15, 0.2) is 67.0 Å². The maximum absolute atomic E-state index is 12.4. The highest BCUT2D eigenvalue weighted by Crippen LogP contribution is 2.24. The summed E-state index contributed by atoms with van der Waals surface area (Å²) in [5, 5.41) is 3.18. The molecule has 0 aliphatic heterocycles. The van der Waals surface area contributed by atoms with Crippen LogP contribution < -0.4 is 5.32 Å². The van der Waals surface area contributed by atoms with Gasteiger partial charge in [-0.05, 0) is 42.0 Å². The maximum atomic E-state index is 12.4. The second-order valence-corrected chi connectivity index (χ2v) is 5.66. The van der Waals surface area contributed by atoms with Crippen molar-refractivity contribution in [2.45, 2.75) is 25.3 Å². The number of allylic oxidation sites excluding steroid dienone is 2. The summed E-state index contributed by atoms with van der Waals surface area (Å²) in [5.41, 5.74) is 2.14. The van der Waals surface area contributed by atoms with E-state index < -0.39 is 0 Å². The molecule has 3 heteroatoms. The Labute approximate surface area is 131 Å². The van der Waals surface area contributed by atoms with Crippen molar-refractivity contribution >= 4 is 5.91 Å². The van der Waals surface area contributed by atoms with E-state index >= 15 is 0 Å². The van der Waals surface area contributed by atoms with Crippen LogP contribution in [0, 0.1) is 5.92 Å². The van der Waals surface area contributed by atoms with Gasteiger partial charge in [0.1, 0.15) is 0 Å². The van der Waals surface area contributed by atoms with Crippen molar-refractivity contribution < 1.29 is 4.79 Å². The second-order valence-electron chi connectivity index (χ2n) is 5.66. The number of nitrogens with one attached hydrogen (secondary N) is 1. The van der Waals surface area contributed by atoms with Gasteiger partial charge in [0, 0.05) is 18.8 Å². The van der Waals surface area contributed by atoms with Crippen LogP contribution in [0.25, 0.3) is 0 Å². The van der Waals surface area contributed by atoms with E-state index in [1.807, 2.05) is 42.5 Å². The van der Waals surface area contributed by atoms with Gasteiger partial charge in [0.15, 0.2) is 0 Å². The molecule has 1 aromatic heterocycles.